The van der Waals surface area contributed by atoms with Crippen LogP contribution in [0.1, 0.15) is 25.7 Å². The van der Waals surface area contributed by atoms with Crippen LogP contribution in [-0.4, -0.2) is 36.6 Å². The Kier molecular flexibility index (Phi) is 5.24. The molecular weight excluding hydrogens is 298 g/mol. The Bertz CT molecular complexity index is 606. The van der Waals surface area contributed by atoms with Crippen molar-refractivity contribution in [3.8, 4) is 5.75 Å². The third kappa shape index (κ3) is 3.75. The standard InChI is InChI=1S/C11H11NOS.C5H10N2O/c1-3-8(4-1)13-9-5-2-6-10-11(9)12-7-14-10;8-4-7-5-1-2-6-3-5/h2,5-8H,1,3-4H2;4-6H,1-3H2,(H,7,8). The summed E-state index contributed by atoms with van der Waals surface area (Å²) in [5.41, 5.74) is 2.89. The molecule has 1 aromatic carbocycles. The van der Waals surface area contributed by atoms with E-state index in [0.717, 1.165) is 37.2 Å². The van der Waals surface area contributed by atoms with Crippen LogP contribution >= 0.6 is 11.3 Å². The first-order chi connectivity index (χ1) is 10.9. The number of fused-ring (bicyclic) bond motifs is 1. The van der Waals surface area contributed by atoms with Crippen LogP contribution in [0.15, 0.2) is 23.7 Å². The summed E-state index contributed by atoms with van der Waals surface area (Å²) in [6, 6.07) is 6.52. The molecule has 2 fully saturated rings. The van der Waals surface area contributed by atoms with E-state index >= 15 is 0 Å². The predicted octanol–water partition coefficient (Wildman–Crippen LogP) is 2.32. The maximum absolute atomic E-state index is 9.82. The maximum Gasteiger partial charge on any atom is 0.207 e. The Morgan fingerprint density at radius 3 is 2.95 bits per heavy atom. The average molecular weight is 319 g/mol. The lowest BCUT2D eigenvalue weighted by Gasteiger charge is -2.26. The average Bonchev–Trinajstić information content (AvgIpc) is 3.15. The van der Waals surface area contributed by atoms with Crippen LogP contribution in [0.25, 0.3) is 10.2 Å². The minimum Gasteiger partial charge on any atom is -0.488 e. The molecule has 0 radical (unpaired) electrons. The van der Waals surface area contributed by atoms with Crippen molar-refractivity contribution in [2.45, 2.75) is 37.8 Å². The Morgan fingerprint density at radius 2 is 2.27 bits per heavy atom. The van der Waals surface area contributed by atoms with E-state index in [9.17, 15) is 4.79 Å². The molecule has 0 bridgehead atoms. The highest BCUT2D eigenvalue weighted by Crippen LogP contribution is 2.31. The number of carbonyl (C=O) groups is 1. The molecular formula is C16H21N3O2S. The number of hydrogen-bond acceptors (Lipinski definition) is 5. The van der Waals surface area contributed by atoms with Gasteiger partial charge in [-0.25, -0.2) is 4.98 Å². The van der Waals surface area contributed by atoms with Crippen LogP contribution in [-0.2, 0) is 4.79 Å². The van der Waals surface area contributed by atoms with E-state index < -0.39 is 0 Å². The van der Waals surface area contributed by atoms with Crippen LogP contribution < -0.4 is 15.4 Å². The molecule has 1 saturated heterocycles. The van der Waals surface area contributed by atoms with Gasteiger partial charge in [-0.2, -0.15) is 0 Å². The molecule has 1 amide bonds. The summed E-state index contributed by atoms with van der Waals surface area (Å²) in [4.78, 5) is 14.1. The molecule has 2 aliphatic rings. The van der Waals surface area contributed by atoms with Gasteiger partial charge in [0.2, 0.25) is 6.41 Å². The Hall–Kier alpha value is -1.66. The normalized spacial score (nSPS) is 20.8. The second kappa shape index (κ2) is 7.56. The Labute approximate surface area is 134 Å². The molecule has 6 heteroatoms. The zero-order valence-corrected chi connectivity index (χ0v) is 13.3. The number of hydrogen-bond donors (Lipinski definition) is 2. The number of ether oxygens (including phenoxy) is 1. The molecule has 1 unspecified atom stereocenters. The lowest BCUT2D eigenvalue weighted by Crippen LogP contribution is -2.29. The highest BCUT2D eigenvalue weighted by molar-refractivity contribution is 7.16. The minimum absolute atomic E-state index is 0.382. The molecule has 1 saturated carbocycles. The fourth-order valence-corrected chi connectivity index (χ4v) is 3.21. The molecule has 1 aliphatic carbocycles. The molecule has 2 N–H and O–H groups in total. The van der Waals surface area contributed by atoms with Gasteiger partial charge in [0.15, 0.2) is 0 Å². The fourth-order valence-electron chi connectivity index (χ4n) is 2.52. The number of aromatic nitrogens is 1. The van der Waals surface area contributed by atoms with Crippen molar-refractivity contribution < 1.29 is 9.53 Å². The number of nitrogens with zero attached hydrogens (tertiary/aromatic N) is 1. The smallest absolute Gasteiger partial charge is 0.207 e. The van der Waals surface area contributed by atoms with E-state index in [-0.39, 0.29) is 0 Å². The molecule has 1 aromatic heterocycles. The van der Waals surface area contributed by atoms with Crippen LogP contribution in [0, 0.1) is 0 Å². The molecule has 4 rings (SSSR count). The highest BCUT2D eigenvalue weighted by Gasteiger charge is 2.20. The molecule has 5 nitrogen and oxygen atoms in total. The van der Waals surface area contributed by atoms with Gasteiger partial charge in [-0.05, 0) is 44.4 Å². The van der Waals surface area contributed by atoms with Crippen molar-refractivity contribution in [3.63, 3.8) is 0 Å². The van der Waals surface area contributed by atoms with E-state index in [1.54, 1.807) is 11.3 Å². The Morgan fingerprint density at radius 1 is 1.36 bits per heavy atom. The molecule has 1 aliphatic heterocycles. The second-order valence-electron chi connectivity index (χ2n) is 5.60. The van der Waals surface area contributed by atoms with Gasteiger partial charge in [-0.15, -0.1) is 11.3 Å². The van der Waals surface area contributed by atoms with Crippen molar-refractivity contribution in [1.29, 1.82) is 0 Å². The first-order valence-electron chi connectivity index (χ1n) is 7.76. The van der Waals surface area contributed by atoms with E-state index in [1.165, 1.54) is 24.0 Å². The van der Waals surface area contributed by atoms with Gasteiger partial charge < -0.3 is 15.4 Å². The van der Waals surface area contributed by atoms with E-state index in [0.29, 0.717) is 12.1 Å². The monoisotopic (exact) mass is 319 g/mol. The van der Waals surface area contributed by atoms with Crippen molar-refractivity contribution >= 4 is 28.0 Å². The number of benzene rings is 1. The first kappa shape index (κ1) is 15.2. The van der Waals surface area contributed by atoms with Crippen molar-refractivity contribution in [1.82, 2.24) is 15.6 Å². The summed E-state index contributed by atoms with van der Waals surface area (Å²) in [6.07, 6.45) is 5.96. The summed E-state index contributed by atoms with van der Waals surface area (Å²) in [5.74, 6) is 0.952. The second-order valence-corrected chi connectivity index (χ2v) is 6.49. The zero-order chi connectivity index (χ0) is 15.2. The first-order valence-corrected chi connectivity index (χ1v) is 8.64. The third-order valence-corrected chi connectivity index (χ3v) is 4.83. The van der Waals surface area contributed by atoms with Gasteiger partial charge in [0.1, 0.15) is 11.3 Å². The van der Waals surface area contributed by atoms with Crippen molar-refractivity contribution in [2.75, 3.05) is 13.1 Å². The Balaban J connectivity index is 0.000000154. The third-order valence-electron chi connectivity index (χ3n) is 4.03. The van der Waals surface area contributed by atoms with Crippen LogP contribution in [0.2, 0.25) is 0 Å². The predicted molar refractivity (Wildman–Crippen MR) is 88.4 cm³/mol. The van der Waals surface area contributed by atoms with Crippen molar-refractivity contribution in [3.05, 3.63) is 23.7 Å². The highest BCUT2D eigenvalue weighted by atomic mass is 32.1. The summed E-state index contributed by atoms with van der Waals surface area (Å²) in [6.45, 7) is 1.96. The SMILES string of the molecule is O=CNC1CCNC1.c1cc(OC2CCC2)c2ncsc2c1. The van der Waals surface area contributed by atoms with Gasteiger partial charge in [-0.1, -0.05) is 6.07 Å². The number of carbonyl (C=O) groups excluding carboxylic acids is 1. The number of thiazole rings is 1. The van der Waals surface area contributed by atoms with Gasteiger partial charge in [0.25, 0.3) is 0 Å². The molecule has 0 spiro atoms. The lowest BCUT2D eigenvalue weighted by molar-refractivity contribution is -0.110. The van der Waals surface area contributed by atoms with E-state index in [2.05, 4.69) is 21.7 Å². The molecule has 22 heavy (non-hydrogen) atoms. The lowest BCUT2D eigenvalue weighted by atomic mass is 9.96. The maximum atomic E-state index is 9.82. The number of rotatable bonds is 4. The van der Waals surface area contributed by atoms with Crippen LogP contribution in [0.3, 0.4) is 0 Å². The molecule has 1 atom stereocenters. The van der Waals surface area contributed by atoms with Gasteiger partial charge in [0, 0.05) is 12.6 Å². The number of para-hydroxylation sites is 1. The minimum atomic E-state index is 0.382. The van der Waals surface area contributed by atoms with Crippen LogP contribution in [0.4, 0.5) is 0 Å². The van der Waals surface area contributed by atoms with E-state index in [4.69, 9.17) is 4.74 Å². The summed E-state index contributed by atoms with van der Waals surface area (Å²) < 4.78 is 7.08. The zero-order valence-electron chi connectivity index (χ0n) is 12.5. The summed E-state index contributed by atoms with van der Waals surface area (Å²) in [7, 11) is 0. The largest absolute Gasteiger partial charge is 0.488 e. The van der Waals surface area contributed by atoms with Gasteiger partial charge >= 0.3 is 0 Å². The van der Waals surface area contributed by atoms with Crippen molar-refractivity contribution in [2.24, 2.45) is 0 Å². The fraction of sp³-hybridized carbons (Fsp3) is 0.500. The topological polar surface area (TPSA) is 63.2 Å². The molecule has 118 valence electrons. The van der Waals surface area contributed by atoms with Gasteiger partial charge in [0.05, 0.1) is 16.3 Å². The number of nitrogens with one attached hydrogen (secondary N) is 2. The molecule has 2 heterocycles. The number of amides is 1. The summed E-state index contributed by atoms with van der Waals surface area (Å²) >= 11 is 1.66. The van der Waals surface area contributed by atoms with Gasteiger partial charge in [-0.3, -0.25) is 4.79 Å². The van der Waals surface area contributed by atoms with E-state index in [1.807, 2.05) is 17.6 Å². The molecule has 2 aromatic rings. The van der Waals surface area contributed by atoms with Crippen LogP contribution in [0.5, 0.6) is 5.75 Å². The quantitative estimate of drug-likeness (QED) is 0.849. The summed E-state index contributed by atoms with van der Waals surface area (Å²) in [5, 5.41) is 5.84.